The van der Waals surface area contributed by atoms with E-state index in [0.29, 0.717) is 34.0 Å². The minimum absolute atomic E-state index is 0.343. The Morgan fingerprint density at radius 1 is 0.742 bits per heavy atom. The fourth-order valence-corrected chi connectivity index (χ4v) is 3.35. The van der Waals surface area contributed by atoms with Gasteiger partial charge in [0, 0.05) is 16.7 Å². The monoisotopic (exact) mass is 414 g/mol. The number of fused-ring (bicyclic) bond motifs is 1. The Hall–Kier alpha value is -4.13. The summed E-state index contributed by atoms with van der Waals surface area (Å²) in [6.07, 6.45) is 1.78. The average molecular weight is 414 g/mol. The molecule has 0 amide bonds. The molecule has 0 aliphatic rings. The van der Waals surface area contributed by atoms with Crippen LogP contribution in [0.4, 0.5) is 8.78 Å². The number of imidazole rings is 1. The molecule has 7 heteroatoms. The molecule has 3 aromatic carbocycles. The molecule has 0 atom stereocenters. The van der Waals surface area contributed by atoms with E-state index in [1.807, 2.05) is 24.3 Å². The second-order valence-electron chi connectivity index (χ2n) is 6.93. The first kappa shape index (κ1) is 18.9. The minimum Gasteiger partial charge on any atom is -0.497 e. The Labute approximate surface area is 176 Å². The van der Waals surface area contributed by atoms with E-state index in [-0.39, 0.29) is 11.6 Å². The molecule has 0 bridgehead atoms. The van der Waals surface area contributed by atoms with Crippen molar-refractivity contribution in [1.82, 2.24) is 19.6 Å². The third-order valence-electron chi connectivity index (χ3n) is 4.91. The van der Waals surface area contributed by atoms with Crippen LogP contribution in [0, 0.1) is 11.6 Å². The number of rotatable bonds is 4. The maximum absolute atomic E-state index is 13.5. The third-order valence-corrected chi connectivity index (χ3v) is 4.91. The van der Waals surface area contributed by atoms with Crippen LogP contribution in [0.1, 0.15) is 0 Å². The van der Waals surface area contributed by atoms with E-state index in [1.54, 1.807) is 42.1 Å². The van der Waals surface area contributed by atoms with Crippen LogP contribution in [0.25, 0.3) is 39.5 Å². The van der Waals surface area contributed by atoms with Crippen LogP contribution < -0.4 is 4.74 Å². The summed E-state index contributed by atoms with van der Waals surface area (Å²) in [5.41, 5.74) is 3.97. The van der Waals surface area contributed by atoms with Crippen LogP contribution in [0.3, 0.4) is 0 Å². The zero-order valence-corrected chi connectivity index (χ0v) is 16.5. The third kappa shape index (κ3) is 3.61. The first-order valence-electron chi connectivity index (χ1n) is 9.54. The highest BCUT2D eigenvalue weighted by Gasteiger charge is 2.16. The Kier molecular flexibility index (Phi) is 4.63. The van der Waals surface area contributed by atoms with E-state index in [4.69, 9.17) is 14.8 Å². The molecule has 5 nitrogen and oxygen atoms in total. The molecule has 0 spiro atoms. The summed E-state index contributed by atoms with van der Waals surface area (Å²) in [7, 11) is 1.61. The predicted molar refractivity (Wildman–Crippen MR) is 114 cm³/mol. The van der Waals surface area contributed by atoms with Crippen molar-refractivity contribution >= 4 is 5.78 Å². The lowest BCUT2D eigenvalue weighted by molar-refractivity contribution is 0.415. The summed E-state index contributed by atoms with van der Waals surface area (Å²) >= 11 is 0. The lowest BCUT2D eigenvalue weighted by Crippen LogP contribution is -2.01. The second kappa shape index (κ2) is 7.60. The number of nitrogens with zero attached hydrogens (tertiary/aromatic N) is 4. The van der Waals surface area contributed by atoms with Crippen LogP contribution >= 0.6 is 0 Å². The van der Waals surface area contributed by atoms with Crippen LogP contribution in [-0.2, 0) is 0 Å². The summed E-state index contributed by atoms with van der Waals surface area (Å²) in [4.78, 5) is 9.32. The van der Waals surface area contributed by atoms with Crippen LogP contribution in [-0.4, -0.2) is 26.7 Å². The van der Waals surface area contributed by atoms with Gasteiger partial charge >= 0.3 is 0 Å². The number of aromatic nitrogens is 4. The van der Waals surface area contributed by atoms with Gasteiger partial charge in [0.1, 0.15) is 28.8 Å². The molecule has 0 saturated heterocycles. The number of hydrogen-bond donors (Lipinski definition) is 0. The fourth-order valence-electron chi connectivity index (χ4n) is 3.35. The molecule has 0 unspecified atom stereocenters. The highest BCUT2D eigenvalue weighted by molar-refractivity contribution is 5.78. The van der Waals surface area contributed by atoms with Gasteiger partial charge in [-0.25, -0.2) is 23.3 Å². The van der Waals surface area contributed by atoms with Gasteiger partial charge in [0.15, 0.2) is 0 Å². The molecule has 2 heterocycles. The Bertz CT molecular complexity index is 1300. The van der Waals surface area contributed by atoms with Gasteiger partial charge in [-0.2, -0.15) is 5.10 Å². The highest BCUT2D eigenvalue weighted by Crippen LogP contribution is 2.30. The van der Waals surface area contributed by atoms with Gasteiger partial charge < -0.3 is 4.74 Å². The first-order chi connectivity index (χ1) is 15.1. The molecule has 5 aromatic rings. The lowest BCUT2D eigenvalue weighted by atomic mass is 10.0. The van der Waals surface area contributed by atoms with Crippen molar-refractivity contribution in [2.45, 2.75) is 0 Å². The normalized spacial score (nSPS) is 11.1. The van der Waals surface area contributed by atoms with E-state index in [1.165, 1.54) is 24.3 Å². The standard InChI is InChI=1S/C24H16F2N4O/c1-31-20-4-2-3-17(13-20)21-14-30-24(27-21)28-22(15-5-9-18(25)10-6-15)23(29-30)16-7-11-19(26)12-8-16/h2-14H,1H3. The van der Waals surface area contributed by atoms with Crippen molar-refractivity contribution in [3.05, 3.63) is 90.6 Å². The van der Waals surface area contributed by atoms with Gasteiger partial charge in [-0.3, -0.25) is 0 Å². The molecule has 31 heavy (non-hydrogen) atoms. The largest absolute Gasteiger partial charge is 0.497 e. The number of hydrogen-bond acceptors (Lipinski definition) is 4. The molecule has 0 saturated carbocycles. The molecule has 2 aromatic heterocycles. The van der Waals surface area contributed by atoms with Crippen molar-refractivity contribution in [3.63, 3.8) is 0 Å². The van der Waals surface area contributed by atoms with Crippen LogP contribution in [0.5, 0.6) is 5.75 Å². The van der Waals surface area contributed by atoms with Gasteiger partial charge in [0.2, 0.25) is 0 Å². The van der Waals surface area contributed by atoms with Crippen molar-refractivity contribution in [2.24, 2.45) is 0 Å². The van der Waals surface area contributed by atoms with Gasteiger partial charge in [-0.1, -0.05) is 12.1 Å². The summed E-state index contributed by atoms with van der Waals surface area (Å²) in [5.74, 6) is 0.420. The van der Waals surface area contributed by atoms with Crippen molar-refractivity contribution < 1.29 is 13.5 Å². The maximum atomic E-state index is 13.5. The smallest absolute Gasteiger partial charge is 0.251 e. The molecular weight excluding hydrogens is 398 g/mol. The second-order valence-corrected chi connectivity index (χ2v) is 6.93. The van der Waals surface area contributed by atoms with Gasteiger partial charge in [0.05, 0.1) is 19.0 Å². The SMILES string of the molecule is COc1cccc(-c2cn3nc(-c4ccc(F)cc4)c(-c4ccc(F)cc4)nc3n2)c1. The topological polar surface area (TPSA) is 52.3 Å². The molecule has 152 valence electrons. The van der Waals surface area contributed by atoms with Crippen molar-refractivity contribution in [3.8, 4) is 39.5 Å². The van der Waals surface area contributed by atoms with E-state index >= 15 is 0 Å². The zero-order valence-electron chi connectivity index (χ0n) is 16.5. The number of benzene rings is 3. The first-order valence-corrected chi connectivity index (χ1v) is 9.54. The zero-order chi connectivity index (χ0) is 21.4. The van der Waals surface area contributed by atoms with Gasteiger partial charge in [-0.15, -0.1) is 0 Å². The van der Waals surface area contributed by atoms with Crippen molar-refractivity contribution in [2.75, 3.05) is 7.11 Å². The van der Waals surface area contributed by atoms with Gasteiger partial charge in [-0.05, 0) is 60.7 Å². The Morgan fingerprint density at radius 2 is 1.39 bits per heavy atom. The van der Waals surface area contributed by atoms with Gasteiger partial charge in [0.25, 0.3) is 5.78 Å². The number of halogens is 2. The molecule has 0 aliphatic carbocycles. The molecular formula is C24H16F2N4O. The summed E-state index contributed by atoms with van der Waals surface area (Å²) in [6, 6.07) is 19.5. The quantitative estimate of drug-likeness (QED) is 0.395. The molecule has 0 fully saturated rings. The molecule has 0 radical (unpaired) electrons. The number of methoxy groups -OCH3 is 1. The van der Waals surface area contributed by atoms with Crippen molar-refractivity contribution in [1.29, 1.82) is 0 Å². The summed E-state index contributed by atoms with van der Waals surface area (Å²) < 4.78 is 33.8. The maximum Gasteiger partial charge on any atom is 0.251 e. The van der Waals surface area contributed by atoms with Crippen LogP contribution in [0.15, 0.2) is 79.0 Å². The number of ether oxygens (including phenoxy) is 1. The molecule has 0 aliphatic heterocycles. The average Bonchev–Trinajstić information content (AvgIpc) is 3.23. The highest BCUT2D eigenvalue weighted by atomic mass is 19.1. The predicted octanol–water partition coefficient (Wildman–Crippen LogP) is 5.41. The lowest BCUT2D eigenvalue weighted by Gasteiger charge is -2.09. The Morgan fingerprint density at radius 3 is 2.03 bits per heavy atom. The molecule has 5 rings (SSSR count). The summed E-state index contributed by atoms with van der Waals surface area (Å²) in [5, 5.41) is 4.71. The minimum atomic E-state index is -0.345. The van der Waals surface area contributed by atoms with E-state index in [2.05, 4.69) is 4.98 Å². The summed E-state index contributed by atoms with van der Waals surface area (Å²) in [6.45, 7) is 0. The van der Waals surface area contributed by atoms with E-state index in [0.717, 1.165) is 11.3 Å². The fraction of sp³-hybridized carbons (Fsp3) is 0.0417. The Balaban J connectivity index is 1.71. The van der Waals surface area contributed by atoms with E-state index in [9.17, 15) is 8.78 Å². The van der Waals surface area contributed by atoms with Crippen LogP contribution in [0.2, 0.25) is 0 Å². The van der Waals surface area contributed by atoms with E-state index < -0.39 is 0 Å². The molecule has 0 N–H and O–H groups in total.